The number of aromatic hydroxyl groups is 1. The van der Waals surface area contributed by atoms with E-state index in [1.54, 1.807) is 11.3 Å². The van der Waals surface area contributed by atoms with Gasteiger partial charge in [0.15, 0.2) is 11.6 Å². The summed E-state index contributed by atoms with van der Waals surface area (Å²) in [6.45, 7) is 4.01. The van der Waals surface area contributed by atoms with E-state index in [2.05, 4.69) is 20.5 Å². The van der Waals surface area contributed by atoms with Gasteiger partial charge >= 0.3 is 5.69 Å². The standard InChI is InChI=1S/C15H13N5O3S/c1-8-9(2)24-15-13(8)14(16-7-17-15)19-18-6-10-3-4-12(21)11(5-10)20(22)23/h3-7,21H,1-2H3,(H,16,17,19)/b18-6-. The lowest BCUT2D eigenvalue weighted by Crippen LogP contribution is -1.96. The van der Waals surface area contributed by atoms with Crippen LogP contribution >= 0.6 is 11.3 Å². The average molecular weight is 343 g/mol. The third-order valence-corrected chi connectivity index (χ3v) is 4.66. The largest absolute Gasteiger partial charge is 0.502 e. The summed E-state index contributed by atoms with van der Waals surface area (Å²) >= 11 is 1.58. The molecule has 9 heteroatoms. The Hall–Kier alpha value is -3.07. The number of nitrogens with one attached hydrogen (secondary N) is 1. The van der Waals surface area contributed by atoms with Crippen LogP contribution in [0.5, 0.6) is 5.75 Å². The minimum Gasteiger partial charge on any atom is -0.502 e. The van der Waals surface area contributed by atoms with E-state index in [0.717, 1.165) is 20.7 Å². The van der Waals surface area contributed by atoms with Crippen LogP contribution in [0, 0.1) is 24.0 Å². The highest BCUT2D eigenvalue weighted by Crippen LogP contribution is 2.32. The zero-order valence-corrected chi connectivity index (χ0v) is 13.7. The van der Waals surface area contributed by atoms with Gasteiger partial charge in [0.2, 0.25) is 0 Å². The highest BCUT2D eigenvalue weighted by atomic mass is 32.1. The second-order valence-corrected chi connectivity index (χ2v) is 6.26. The van der Waals surface area contributed by atoms with Crippen molar-refractivity contribution in [2.24, 2.45) is 5.10 Å². The average Bonchev–Trinajstić information content (AvgIpc) is 2.84. The molecule has 0 atom stereocenters. The number of nitro benzene ring substituents is 1. The second-order valence-electron chi connectivity index (χ2n) is 5.06. The van der Waals surface area contributed by atoms with Gasteiger partial charge in [0.05, 0.1) is 16.5 Å². The Bertz CT molecular complexity index is 967. The van der Waals surface area contributed by atoms with Gasteiger partial charge in [0, 0.05) is 16.5 Å². The number of anilines is 1. The Morgan fingerprint density at radius 3 is 2.92 bits per heavy atom. The van der Waals surface area contributed by atoms with E-state index < -0.39 is 4.92 Å². The first-order valence-electron chi connectivity index (χ1n) is 6.94. The zero-order valence-electron chi connectivity index (χ0n) is 12.8. The van der Waals surface area contributed by atoms with Crippen LogP contribution in [-0.2, 0) is 0 Å². The van der Waals surface area contributed by atoms with Crippen molar-refractivity contribution in [1.29, 1.82) is 0 Å². The van der Waals surface area contributed by atoms with E-state index in [9.17, 15) is 15.2 Å². The Morgan fingerprint density at radius 2 is 2.17 bits per heavy atom. The van der Waals surface area contributed by atoms with E-state index in [4.69, 9.17) is 0 Å². The molecule has 0 saturated carbocycles. The number of fused-ring (bicyclic) bond motifs is 1. The van der Waals surface area contributed by atoms with Crippen molar-refractivity contribution in [3.05, 3.63) is 50.6 Å². The molecule has 1 aromatic carbocycles. The molecule has 0 unspecified atom stereocenters. The molecule has 0 aliphatic heterocycles. The third-order valence-electron chi connectivity index (χ3n) is 3.55. The minimum absolute atomic E-state index is 0.368. The van der Waals surface area contributed by atoms with Crippen LogP contribution in [0.4, 0.5) is 11.5 Å². The molecule has 2 heterocycles. The van der Waals surface area contributed by atoms with Gasteiger partial charge in [-0.3, -0.25) is 15.5 Å². The molecule has 0 spiro atoms. The predicted molar refractivity (Wildman–Crippen MR) is 92.9 cm³/mol. The topological polar surface area (TPSA) is 114 Å². The number of benzene rings is 1. The molecule has 0 amide bonds. The minimum atomic E-state index is -0.647. The lowest BCUT2D eigenvalue weighted by Gasteiger charge is -2.02. The molecular weight excluding hydrogens is 330 g/mol. The third kappa shape index (κ3) is 2.88. The van der Waals surface area contributed by atoms with Crippen LogP contribution in [0.25, 0.3) is 10.2 Å². The first kappa shape index (κ1) is 15.8. The van der Waals surface area contributed by atoms with E-state index in [-0.39, 0.29) is 11.4 Å². The van der Waals surface area contributed by atoms with Gasteiger partial charge < -0.3 is 5.11 Å². The SMILES string of the molecule is Cc1sc2ncnc(N/N=C\c3ccc(O)c([N+](=O)[O-])c3)c2c1C. The summed E-state index contributed by atoms with van der Waals surface area (Å²) in [5.41, 5.74) is 4.05. The molecule has 0 aliphatic rings. The maximum absolute atomic E-state index is 10.8. The molecular formula is C15H13N5O3S. The Balaban J connectivity index is 1.87. The summed E-state index contributed by atoms with van der Waals surface area (Å²) in [5, 5.41) is 25.3. The van der Waals surface area contributed by atoms with Gasteiger partial charge in [0.25, 0.3) is 0 Å². The van der Waals surface area contributed by atoms with Crippen molar-refractivity contribution in [2.45, 2.75) is 13.8 Å². The van der Waals surface area contributed by atoms with E-state index >= 15 is 0 Å². The van der Waals surface area contributed by atoms with Crippen molar-refractivity contribution in [1.82, 2.24) is 9.97 Å². The maximum Gasteiger partial charge on any atom is 0.311 e. The molecule has 122 valence electrons. The number of aromatic nitrogens is 2. The van der Waals surface area contributed by atoms with Gasteiger partial charge in [-0.05, 0) is 31.5 Å². The van der Waals surface area contributed by atoms with Crippen LogP contribution in [0.15, 0.2) is 29.6 Å². The smallest absolute Gasteiger partial charge is 0.311 e. The Labute approximate surface area is 140 Å². The number of nitro groups is 1. The van der Waals surface area contributed by atoms with Crippen LogP contribution in [-0.4, -0.2) is 26.2 Å². The fraction of sp³-hybridized carbons (Fsp3) is 0.133. The van der Waals surface area contributed by atoms with Gasteiger partial charge in [-0.2, -0.15) is 5.10 Å². The van der Waals surface area contributed by atoms with Crippen LogP contribution in [0.1, 0.15) is 16.0 Å². The van der Waals surface area contributed by atoms with E-state index in [0.29, 0.717) is 11.4 Å². The zero-order chi connectivity index (χ0) is 17.3. The number of hydrazone groups is 1. The monoisotopic (exact) mass is 343 g/mol. The fourth-order valence-electron chi connectivity index (χ4n) is 2.20. The van der Waals surface area contributed by atoms with E-state index in [1.165, 1.54) is 30.7 Å². The maximum atomic E-state index is 10.8. The number of thiophene rings is 1. The number of rotatable bonds is 4. The molecule has 3 rings (SSSR count). The molecule has 2 N–H and O–H groups in total. The summed E-state index contributed by atoms with van der Waals surface area (Å²) in [7, 11) is 0. The van der Waals surface area contributed by atoms with E-state index in [1.807, 2.05) is 13.8 Å². The number of nitrogens with zero attached hydrogens (tertiary/aromatic N) is 4. The first-order chi connectivity index (χ1) is 11.5. The number of hydrogen-bond donors (Lipinski definition) is 2. The van der Waals surface area contributed by atoms with Crippen molar-refractivity contribution in [3.8, 4) is 5.75 Å². The molecule has 2 aromatic heterocycles. The van der Waals surface area contributed by atoms with Gasteiger partial charge in [-0.25, -0.2) is 9.97 Å². The number of aryl methyl sites for hydroxylation is 2. The molecule has 24 heavy (non-hydrogen) atoms. The lowest BCUT2D eigenvalue weighted by atomic mass is 10.2. The predicted octanol–water partition coefficient (Wildman–Crippen LogP) is 3.37. The molecule has 0 radical (unpaired) electrons. The van der Waals surface area contributed by atoms with Gasteiger partial charge in [-0.1, -0.05) is 0 Å². The summed E-state index contributed by atoms with van der Waals surface area (Å²) in [6, 6.07) is 4.04. The number of hydrogen-bond acceptors (Lipinski definition) is 8. The lowest BCUT2D eigenvalue weighted by molar-refractivity contribution is -0.385. The number of phenols is 1. The van der Waals surface area contributed by atoms with Gasteiger partial charge in [-0.15, -0.1) is 11.3 Å². The molecule has 0 aliphatic carbocycles. The first-order valence-corrected chi connectivity index (χ1v) is 7.76. The molecule has 0 fully saturated rings. The Kier molecular flexibility index (Phi) is 4.09. The molecule has 3 aromatic rings. The quantitative estimate of drug-likeness (QED) is 0.426. The summed E-state index contributed by atoms with van der Waals surface area (Å²) < 4.78 is 0. The van der Waals surface area contributed by atoms with Crippen LogP contribution in [0.3, 0.4) is 0 Å². The summed E-state index contributed by atoms with van der Waals surface area (Å²) in [6.07, 6.45) is 2.88. The van der Waals surface area contributed by atoms with Crippen molar-refractivity contribution < 1.29 is 10.0 Å². The van der Waals surface area contributed by atoms with Crippen molar-refractivity contribution >= 4 is 39.3 Å². The van der Waals surface area contributed by atoms with Crippen molar-refractivity contribution in [3.63, 3.8) is 0 Å². The summed E-state index contributed by atoms with van der Waals surface area (Å²) in [4.78, 5) is 20.6. The van der Waals surface area contributed by atoms with Crippen LogP contribution < -0.4 is 5.43 Å². The normalized spacial score (nSPS) is 11.2. The highest BCUT2D eigenvalue weighted by molar-refractivity contribution is 7.18. The molecule has 0 bridgehead atoms. The molecule has 0 saturated heterocycles. The summed E-state index contributed by atoms with van der Waals surface area (Å²) in [5.74, 6) is 0.193. The second kappa shape index (κ2) is 6.20. The fourth-order valence-corrected chi connectivity index (χ4v) is 3.20. The van der Waals surface area contributed by atoms with Crippen LogP contribution in [0.2, 0.25) is 0 Å². The highest BCUT2D eigenvalue weighted by Gasteiger charge is 2.13. The number of phenolic OH excluding ortho intramolecular Hbond substituents is 1. The van der Waals surface area contributed by atoms with Crippen molar-refractivity contribution in [2.75, 3.05) is 5.43 Å². The van der Waals surface area contributed by atoms with Gasteiger partial charge in [0.1, 0.15) is 11.2 Å². The molecule has 8 nitrogen and oxygen atoms in total. The Morgan fingerprint density at radius 1 is 1.38 bits per heavy atom.